The first-order valence-electron chi connectivity index (χ1n) is 13.2. The van der Waals surface area contributed by atoms with Gasteiger partial charge in [0.25, 0.3) is 10.1 Å². The van der Waals surface area contributed by atoms with Crippen LogP contribution in [0, 0.1) is 22.7 Å². The van der Waals surface area contributed by atoms with Crippen LogP contribution in [0.2, 0.25) is 0 Å². The van der Waals surface area contributed by atoms with E-state index in [1.165, 1.54) is 12.2 Å². The van der Waals surface area contributed by atoms with Crippen molar-refractivity contribution in [3.05, 3.63) is 23.8 Å². The monoisotopic (exact) mass is 570 g/mol. The Morgan fingerprint density at radius 1 is 1.21 bits per heavy atom. The van der Waals surface area contributed by atoms with Gasteiger partial charge in [-0.25, -0.2) is 4.39 Å². The number of allylic oxidation sites excluding steroid dienone is 4. The van der Waals surface area contributed by atoms with Crippen LogP contribution in [0.3, 0.4) is 0 Å². The van der Waals surface area contributed by atoms with Crippen LogP contribution in [-0.2, 0) is 38.7 Å². The Balaban J connectivity index is 1.48. The number of aliphatic hydroxyl groups is 1. The molecule has 12 heteroatoms. The Hall–Kier alpha value is -1.99. The molecule has 1 heterocycles. The topological polar surface area (TPSA) is 153 Å². The van der Waals surface area contributed by atoms with Crippen LogP contribution < -0.4 is 0 Å². The van der Waals surface area contributed by atoms with E-state index < -0.39 is 92.6 Å². The molecular formula is C27H35FO10S. The SMILES string of the molecule is CC1(C)OC2C[C@H]3[C@@H]4CCC5=CC(=O)C=C[C@]5(C)[C@@]4(F)[C@H](O)C[C@]3(C)[C@]2(C(=O)COC(=O)CCS(=O)(=O)O)O1. The van der Waals surface area contributed by atoms with Gasteiger partial charge < -0.3 is 19.3 Å². The van der Waals surface area contributed by atoms with Gasteiger partial charge in [0.05, 0.1) is 24.4 Å². The van der Waals surface area contributed by atoms with Crippen molar-refractivity contribution in [1.82, 2.24) is 0 Å². The molecule has 0 aromatic heterocycles. The summed E-state index contributed by atoms with van der Waals surface area (Å²) in [7, 11) is -4.39. The molecule has 5 rings (SSSR count). The summed E-state index contributed by atoms with van der Waals surface area (Å²) in [5, 5.41) is 11.6. The summed E-state index contributed by atoms with van der Waals surface area (Å²) in [6.45, 7) is 6.06. The normalized spacial score (nSPS) is 44.1. The minimum atomic E-state index is -4.39. The third-order valence-electron chi connectivity index (χ3n) is 9.98. The van der Waals surface area contributed by atoms with Crippen LogP contribution in [0.1, 0.15) is 59.8 Å². The van der Waals surface area contributed by atoms with E-state index in [0.717, 1.165) is 0 Å². The maximum atomic E-state index is 17.4. The molecule has 1 unspecified atom stereocenters. The molecule has 10 nitrogen and oxygen atoms in total. The predicted molar refractivity (Wildman–Crippen MR) is 134 cm³/mol. The van der Waals surface area contributed by atoms with E-state index in [4.69, 9.17) is 18.8 Å². The average Bonchev–Trinajstić information content (AvgIpc) is 3.23. The van der Waals surface area contributed by atoms with Gasteiger partial charge >= 0.3 is 5.97 Å². The van der Waals surface area contributed by atoms with Crippen LogP contribution in [0.4, 0.5) is 4.39 Å². The highest BCUT2D eigenvalue weighted by atomic mass is 32.2. The minimum absolute atomic E-state index is 0.131. The first-order chi connectivity index (χ1) is 17.9. The van der Waals surface area contributed by atoms with Gasteiger partial charge in [-0.2, -0.15) is 8.42 Å². The summed E-state index contributed by atoms with van der Waals surface area (Å²) < 4.78 is 65.8. The molecular weight excluding hydrogens is 535 g/mol. The largest absolute Gasteiger partial charge is 0.458 e. The molecule has 4 fully saturated rings. The Labute approximate surface area is 226 Å². The maximum Gasteiger partial charge on any atom is 0.307 e. The highest BCUT2D eigenvalue weighted by Crippen LogP contribution is 2.72. The van der Waals surface area contributed by atoms with Crippen LogP contribution in [-0.4, -0.2) is 77.2 Å². The number of hydrogen-bond acceptors (Lipinski definition) is 9. The smallest absolute Gasteiger partial charge is 0.307 e. The van der Waals surface area contributed by atoms with Crippen molar-refractivity contribution < 1.29 is 51.1 Å². The number of ether oxygens (including phenoxy) is 3. The van der Waals surface area contributed by atoms with Gasteiger partial charge in [-0.1, -0.05) is 18.6 Å². The third-order valence-corrected chi connectivity index (χ3v) is 10.7. The summed E-state index contributed by atoms with van der Waals surface area (Å²) in [6.07, 6.45) is 2.40. The molecule has 0 amide bonds. The fraction of sp³-hybridized carbons (Fsp3) is 0.741. The Bertz CT molecular complexity index is 1290. The van der Waals surface area contributed by atoms with E-state index in [1.807, 2.05) is 0 Å². The molecule has 0 aromatic rings. The summed E-state index contributed by atoms with van der Waals surface area (Å²) in [5.74, 6) is -4.95. The average molecular weight is 571 g/mol. The van der Waals surface area contributed by atoms with E-state index in [9.17, 15) is 27.9 Å². The minimum Gasteiger partial charge on any atom is -0.458 e. The molecule has 1 aliphatic heterocycles. The predicted octanol–water partition coefficient (Wildman–Crippen LogP) is 2.25. The Morgan fingerprint density at radius 2 is 1.90 bits per heavy atom. The molecule has 4 aliphatic carbocycles. The molecule has 1 saturated heterocycles. The molecule has 8 atom stereocenters. The van der Waals surface area contributed by atoms with Crippen LogP contribution in [0.25, 0.3) is 0 Å². The molecule has 0 radical (unpaired) electrons. The lowest BCUT2D eigenvalue weighted by atomic mass is 9.44. The van der Waals surface area contributed by atoms with Crippen LogP contribution >= 0.6 is 0 Å². The highest BCUT2D eigenvalue weighted by Gasteiger charge is 2.80. The number of ketones is 2. The first kappa shape index (κ1) is 28.5. The van der Waals surface area contributed by atoms with Crippen molar-refractivity contribution in [3.63, 3.8) is 0 Å². The van der Waals surface area contributed by atoms with Gasteiger partial charge in [0.15, 0.2) is 29.4 Å². The summed E-state index contributed by atoms with van der Waals surface area (Å²) in [6, 6.07) is 0. The second-order valence-electron chi connectivity index (χ2n) is 12.5. The van der Waals surface area contributed by atoms with Gasteiger partial charge in [0.1, 0.15) is 0 Å². The van der Waals surface area contributed by atoms with Gasteiger partial charge in [-0.3, -0.25) is 18.9 Å². The highest BCUT2D eigenvalue weighted by molar-refractivity contribution is 7.85. The standard InChI is InChI=1S/C27H35FO10S/c1-23(2)37-21-12-18-17-6-5-15-11-16(29)7-9-24(15,3)26(17,28)19(30)13-25(18,4)27(21,38-23)20(31)14-36-22(32)8-10-39(33,34)35/h7,9,11,17-19,21,30H,5-6,8,10,12-14H2,1-4H3,(H,33,34,35)/t17-,18-,19+,21?,24-,25-,26-,27+/m0/s1. The number of alkyl halides is 1. The lowest BCUT2D eigenvalue weighted by Crippen LogP contribution is -2.70. The molecule has 2 N–H and O–H groups in total. The number of carbonyl (C=O) groups is 3. The number of esters is 1. The van der Waals surface area contributed by atoms with Gasteiger partial charge in [-0.15, -0.1) is 0 Å². The molecule has 5 aliphatic rings. The zero-order valence-corrected chi connectivity index (χ0v) is 23.3. The van der Waals surface area contributed by atoms with E-state index >= 15 is 4.39 Å². The fourth-order valence-corrected chi connectivity index (χ4v) is 8.77. The third kappa shape index (κ3) is 4.00. The van der Waals surface area contributed by atoms with E-state index in [1.54, 1.807) is 33.8 Å². The van der Waals surface area contributed by atoms with Crippen molar-refractivity contribution in [2.45, 2.75) is 89.1 Å². The number of halogens is 1. The van der Waals surface area contributed by atoms with Gasteiger partial charge in [0, 0.05) is 16.7 Å². The van der Waals surface area contributed by atoms with Crippen molar-refractivity contribution in [2.24, 2.45) is 22.7 Å². The lowest BCUT2D eigenvalue weighted by molar-refractivity contribution is -0.246. The Kier molecular flexibility index (Phi) is 6.40. The zero-order valence-electron chi connectivity index (χ0n) is 22.4. The number of rotatable bonds is 6. The van der Waals surface area contributed by atoms with Crippen molar-refractivity contribution >= 4 is 27.7 Å². The summed E-state index contributed by atoms with van der Waals surface area (Å²) >= 11 is 0. The van der Waals surface area contributed by atoms with Crippen molar-refractivity contribution in [3.8, 4) is 0 Å². The second-order valence-corrected chi connectivity index (χ2v) is 14.0. The molecule has 39 heavy (non-hydrogen) atoms. The van der Waals surface area contributed by atoms with Crippen molar-refractivity contribution in [2.75, 3.05) is 12.4 Å². The second kappa shape index (κ2) is 8.75. The zero-order chi connectivity index (χ0) is 28.8. The van der Waals surface area contributed by atoms with Crippen molar-refractivity contribution in [1.29, 1.82) is 0 Å². The number of aliphatic hydroxyl groups excluding tert-OH is 1. The molecule has 0 bridgehead atoms. The Morgan fingerprint density at radius 3 is 2.56 bits per heavy atom. The quantitative estimate of drug-likeness (QED) is 0.359. The van der Waals surface area contributed by atoms with Crippen LogP contribution in [0.5, 0.6) is 0 Å². The molecule has 3 saturated carbocycles. The molecule has 216 valence electrons. The fourth-order valence-electron chi connectivity index (χ4n) is 8.35. The lowest BCUT2D eigenvalue weighted by Gasteiger charge is -2.62. The number of carbonyl (C=O) groups excluding carboxylic acids is 3. The molecule has 0 spiro atoms. The van der Waals surface area contributed by atoms with E-state index in [-0.39, 0.29) is 18.6 Å². The van der Waals surface area contributed by atoms with Gasteiger partial charge in [0.2, 0.25) is 5.78 Å². The summed E-state index contributed by atoms with van der Waals surface area (Å²) in [4.78, 5) is 38.1. The van der Waals surface area contributed by atoms with E-state index in [2.05, 4.69) is 0 Å². The molecule has 0 aromatic carbocycles. The number of fused-ring (bicyclic) bond motifs is 7. The van der Waals surface area contributed by atoms with E-state index in [0.29, 0.717) is 18.4 Å². The first-order valence-corrected chi connectivity index (χ1v) is 14.8. The van der Waals surface area contributed by atoms with Crippen LogP contribution in [0.15, 0.2) is 23.8 Å². The maximum absolute atomic E-state index is 17.4. The van der Waals surface area contributed by atoms with Gasteiger partial charge in [-0.05, 0) is 64.5 Å². The summed E-state index contributed by atoms with van der Waals surface area (Å²) in [5.41, 5.74) is -5.38. The number of Topliss-reactive ketones (excluding diaryl/α,β-unsaturated/α-hetero) is 1. The number of hydrogen-bond donors (Lipinski definition) is 2.